The Morgan fingerprint density at radius 1 is 1.41 bits per heavy atom. The number of carbonyl (C=O) groups excluding carboxylic acids is 1. The average molecular weight is 292 g/mol. The maximum Gasteiger partial charge on any atom is 0.262 e. The van der Waals surface area contributed by atoms with Crippen LogP contribution in [0, 0.1) is 11.3 Å². The number of nitrogens with one attached hydrogen (secondary N) is 1. The maximum absolute atomic E-state index is 11.8. The quantitative estimate of drug-likeness (QED) is 0.504. The Kier molecular flexibility index (Phi) is 5.27. The summed E-state index contributed by atoms with van der Waals surface area (Å²) in [6.45, 7) is 4.48. The predicted molar refractivity (Wildman–Crippen MR) is 84.6 cm³/mol. The van der Waals surface area contributed by atoms with Gasteiger partial charge < -0.3 is 5.32 Å². The summed E-state index contributed by atoms with van der Waals surface area (Å²) in [5.74, 6) is -0.418. The summed E-state index contributed by atoms with van der Waals surface area (Å²) in [6.07, 6.45) is 6.50. The Bertz CT molecular complexity index is 723. The highest BCUT2D eigenvalue weighted by molar-refractivity contribution is 6.01. The monoisotopic (exact) mass is 292 g/mol. The summed E-state index contributed by atoms with van der Waals surface area (Å²) in [5.41, 5.74) is 1.88. The van der Waals surface area contributed by atoms with Crippen LogP contribution >= 0.6 is 0 Å². The van der Waals surface area contributed by atoms with Crippen LogP contribution in [0.4, 0.5) is 0 Å². The Labute approximate surface area is 129 Å². The van der Waals surface area contributed by atoms with Crippen LogP contribution in [-0.4, -0.2) is 22.2 Å². The van der Waals surface area contributed by atoms with Crippen LogP contribution in [-0.2, 0) is 11.3 Å². The van der Waals surface area contributed by atoms with Gasteiger partial charge in [-0.15, -0.1) is 6.58 Å². The van der Waals surface area contributed by atoms with E-state index in [0.29, 0.717) is 18.7 Å². The van der Waals surface area contributed by atoms with Crippen LogP contribution in [0.15, 0.2) is 61.0 Å². The van der Waals surface area contributed by atoms with Crippen molar-refractivity contribution in [1.82, 2.24) is 15.1 Å². The molecule has 1 aromatic carbocycles. The Hall–Kier alpha value is -3.13. The molecule has 2 aromatic rings. The number of nitrogens with zero attached hydrogens (tertiary/aromatic N) is 3. The molecule has 0 unspecified atom stereocenters. The van der Waals surface area contributed by atoms with Crippen molar-refractivity contribution in [2.45, 2.75) is 6.54 Å². The third-order valence-corrected chi connectivity index (χ3v) is 2.92. The molecule has 1 heterocycles. The molecular weight excluding hydrogens is 276 g/mol. The van der Waals surface area contributed by atoms with E-state index in [9.17, 15) is 4.79 Å². The highest BCUT2D eigenvalue weighted by Crippen LogP contribution is 2.08. The van der Waals surface area contributed by atoms with Gasteiger partial charge >= 0.3 is 0 Å². The molecule has 0 aliphatic rings. The van der Waals surface area contributed by atoms with Crippen molar-refractivity contribution < 1.29 is 4.79 Å². The summed E-state index contributed by atoms with van der Waals surface area (Å²) in [5, 5.41) is 15.9. The molecule has 1 amide bonds. The molecule has 0 aliphatic carbocycles. The second kappa shape index (κ2) is 7.60. The first-order chi connectivity index (χ1) is 10.7. The Morgan fingerprint density at radius 3 is 2.86 bits per heavy atom. The van der Waals surface area contributed by atoms with Crippen LogP contribution < -0.4 is 5.32 Å². The number of benzene rings is 1. The first-order valence-electron chi connectivity index (χ1n) is 6.80. The van der Waals surface area contributed by atoms with E-state index in [2.05, 4.69) is 17.0 Å². The van der Waals surface area contributed by atoms with Gasteiger partial charge in [-0.1, -0.05) is 36.4 Å². The number of hydrogen-bond donors (Lipinski definition) is 1. The minimum Gasteiger partial charge on any atom is -0.348 e. The number of aromatic nitrogens is 2. The van der Waals surface area contributed by atoms with Gasteiger partial charge in [0.25, 0.3) is 5.91 Å². The van der Waals surface area contributed by atoms with Gasteiger partial charge in [-0.05, 0) is 11.6 Å². The van der Waals surface area contributed by atoms with Gasteiger partial charge in [0.2, 0.25) is 0 Å². The van der Waals surface area contributed by atoms with Crippen molar-refractivity contribution in [2.24, 2.45) is 0 Å². The van der Waals surface area contributed by atoms with E-state index >= 15 is 0 Å². The smallest absolute Gasteiger partial charge is 0.262 e. The van der Waals surface area contributed by atoms with Gasteiger partial charge in [-0.3, -0.25) is 9.48 Å². The van der Waals surface area contributed by atoms with Gasteiger partial charge in [0.1, 0.15) is 11.6 Å². The number of rotatable bonds is 6. The highest BCUT2D eigenvalue weighted by atomic mass is 16.1. The zero-order chi connectivity index (χ0) is 15.8. The van der Waals surface area contributed by atoms with E-state index in [4.69, 9.17) is 5.26 Å². The molecule has 0 aliphatic heterocycles. The fourth-order valence-electron chi connectivity index (χ4n) is 1.89. The van der Waals surface area contributed by atoms with Crippen LogP contribution in [0.5, 0.6) is 0 Å². The largest absolute Gasteiger partial charge is 0.348 e. The zero-order valence-electron chi connectivity index (χ0n) is 12.1. The lowest BCUT2D eigenvalue weighted by Crippen LogP contribution is -2.24. The molecule has 5 nitrogen and oxygen atoms in total. The van der Waals surface area contributed by atoms with Crippen LogP contribution in [0.1, 0.15) is 11.1 Å². The van der Waals surface area contributed by atoms with Crippen LogP contribution in [0.2, 0.25) is 0 Å². The third kappa shape index (κ3) is 4.18. The number of nitriles is 1. The van der Waals surface area contributed by atoms with Gasteiger partial charge in [0, 0.05) is 18.3 Å². The van der Waals surface area contributed by atoms with Gasteiger partial charge in [-0.25, -0.2) is 0 Å². The Balaban J connectivity index is 2.10. The molecule has 110 valence electrons. The molecule has 0 radical (unpaired) electrons. The number of hydrogen-bond acceptors (Lipinski definition) is 3. The summed E-state index contributed by atoms with van der Waals surface area (Å²) in [7, 11) is 0. The molecule has 5 heteroatoms. The van der Waals surface area contributed by atoms with E-state index in [1.54, 1.807) is 23.2 Å². The van der Waals surface area contributed by atoms with Crippen molar-refractivity contribution in [3.8, 4) is 6.07 Å². The molecule has 0 spiro atoms. The maximum atomic E-state index is 11.8. The van der Waals surface area contributed by atoms with Gasteiger partial charge in [0.05, 0.1) is 12.7 Å². The van der Waals surface area contributed by atoms with Gasteiger partial charge in [0.15, 0.2) is 0 Å². The van der Waals surface area contributed by atoms with Crippen molar-refractivity contribution >= 4 is 12.0 Å². The van der Waals surface area contributed by atoms with Crippen molar-refractivity contribution in [1.29, 1.82) is 5.26 Å². The topological polar surface area (TPSA) is 70.7 Å². The molecule has 0 bridgehead atoms. The SMILES string of the molecule is C=CCNC(=O)/C(C#N)=C/c1cnn(Cc2ccccc2)c1. The van der Waals surface area contributed by atoms with Crippen molar-refractivity contribution in [3.63, 3.8) is 0 Å². The first kappa shape index (κ1) is 15.3. The molecule has 2 rings (SSSR count). The molecule has 0 fully saturated rings. The fourth-order valence-corrected chi connectivity index (χ4v) is 1.89. The molecule has 22 heavy (non-hydrogen) atoms. The molecule has 1 N–H and O–H groups in total. The lowest BCUT2D eigenvalue weighted by molar-refractivity contribution is -0.116. The van der Waals surface area contributed by atoms with E-state index in [1.165, 1.54) is 6.08 Å². The lowest BCUT2D eigenvalue weighted by Gasteiger charge is -2.00. The standard InChI is InChI=1S/C17H16N4O/c1-2-8-19-17(22)16(10-18)9-15-11-20-21(13-15)12-14-6-4-3-5-7-14/h2-7,9,11,13H,1,8,12H2,(H,19,22)/b16-9+. The molecule has 0 saturated heterocycles. The molecule has 0 atom stereocenters. The van der Waals surface area contributed by atoms with Crippen molar-refractivity contribution in [3.05, 3.63) is 72.1 Å². The predicted octanol–water partition coefficient (Wildman–Crippen LogP) is 2.14. The molecule has 1 aromatic heterocycles. The minimum atomic E-state index is -0.418. The molecular formula is C17H16N4O. The molecule has 0 saturated carbocycles. The fraction of sp³-hybridized carbons (Fsp3) is 0.118. The van der Waals surface area contributed by atoms with Crippen LogP contribution in [0.25, 0.3) is 6.08 Å². The van der Waals surface area contributed by atoms with Gasteiger partial charge in [-0.2, -0.15) is 10.4 Å². The number of amides is 1. The first-order valence-corrected chi connectivity index (χ1v) is 6.80. The van der Waals surface area contributed by atoms with Crippen molar-refractivity contribution in [2.75, 3.05) is 6.54 Å². The number of carbonyl (C=O) groups is 1. The second-order valence-corrected chi connectivity index (χ2v) is 4.63. The highest BCUT2D eigenvalue weighted by Gasteiger charge is 2.08. The van der Waals surface area contributed by atoms with E-state index in [-0.39, 0.29) is 5.57 Å². The third-order valence-electron chi connectivity index (χ3n) is 2.92. The van der Waals surface area contributed by atoms with E-state index in [0.717, 1.165) is 5.56 Å². The minimum absolute atomic E-state index is 0.0427. The summed E-state index contributed by atoms with van der Waals surface area (Å²) < 4.78 is 1.76. The summed E-state index contributed by atoms with van der Waals surface area (Å²) in [6, 6.07) is 11.8. The summed E-state index contributed by atoms with van der Waals surface area (Å²) in [4.78, 5) is 11.8. The van der Waals surface area contributed by atoms with E-state index < -0.39 is 5.91 Å². The Morgan fingerprint density at radius 2 is 2.18 bits per heavy atom. The second-order valence-electron chi connectivity index (χ2n) is 4.63. The average Bonchev–Trinajstić information content (AvgIpc) is 2.98. The van der Waals surface area contributed by atoms with E-state index in [1.807, 2.05) is 36.4 Å². The lowest BCUT2D eigenvalue weighted by atomic mass is 10.2. The van der Waals surface area contributed by atoms with Crippen LogP contribution in [0.3, 0.4) is 0 Å². The normalized spacial score (nSPS) is 10.8. The zero-order valence-corrected chi connectivity index (χ0v) is 12.1. The summed E-state index contributed by atoms with van der Waals surface area (Å²) >= 11 is 0.